The smallest absolute Gasteiger partial charge is 0.416 e. The van der Waals surface area contributed by atoms with E-state index in [2.05, 4.69) is 10.6 Å². The molecule has 1 aromatic carbocycles. The Bertz CT molecular complexity index is 556. The van der Waals surface area contributed by atoms with Crippen molar-refractivity contribution < 1.29 is 27.4 Å². The molecule has 1 aliphatic heterocycles. The fourth-order valence-electron chi connectivity index (χ4n) is 2.86. The molecule has 2 N–H and O–H groups in total. The molecule has 0 bridgehead atoms. The van der Waals surface area contributed by atoms with E-state index in [0.717, 1.165) is 38.1 Å². The van der Waals surface area contributed by atoms with Crippen LogP contribution in [0.1, 0.15) is 18.4 Å². The van der Waals surface area contributed by atoms with E-state index in [1.807, 2.05) is 0 Å². The molecule has 1 saturated heterocycles. The van der Waals surface area contributed by atoms with Crippen molar-refractivity contribution in [3.8, 4) is 5.75 Å². The summed E-state index contributed by atoms with van der Waals surface area (Å²) in [6, 6.07) is 4.26. The van der Waals surface area contributed by atoms with Gasteiger partial charge in [0, 0.05) is 19.1 Å². The summed E-state index contributed by atoms with van der Waals surface area (Å²) in [6.07, 6.45) is -2.58. The Kier molecular flexibility index (Phi) is 8.66. The summed E-state index contributed by atoms with van der Waals surface area (Å²) in [5, 5.41) is 6.11. The Morgan fingerprint density at radius 1 is 1.23 bits per heavy atom. The summed E-state index contributed by atoms with van der Waals surface area (Å²) in [5.41, 5.74) is -0.846. The number of halogens is 4. The summed E-state index contributed by atoms with van der Waals surface area (Å²) < 4.78 is 48.0. The zero-order chi connectivity index (χ0) is 18.3. The van der Waals surface area contributed by atoms with E-state index in [0.29, 0.717) is 13.2 Å². The lowest BCUT2D eigenvalue weighted by atomic mass is 9.79. The van der Waals surface area contributed by atoms with Crippen LogP contribution in [-0.2, 0) is 15.7 Å². The number of rotatable bonds is 7. The molecule has 0 saturated carbocycles. The standard InChI is InChI=1S/C17H23F3N2O3.ClH/c1-24-12-16(6-8-21-9-7-16)11-22-15(23)10-25-14-4-2-13(3-5-14)17(18,19)20;/h2-5,21H,6-12H2,1H3,(H,22,23);1H. The highest BCUT2D eigenvalue weighted by molar-refractivity contribution is 5.85. The molecule has 148 valence electrons. The number of hydrogen-bond acceptors (Lipinski definition) is 4. The van der Waals surface area contributed by atoms with Crippen molar-refractivity contribution in [3.63, 3.8) is 0 Å². The van der Waals surface area contributed by atoms with Crippen molar-refractivity contribution in [1.82, 2.24) is 10.6 Å². The van der Waals surface area contributed by atoms with Crippen molar-refractivity contribution in [2.75, 3.05) is 40.0 Å². The van der Waals surface area contributed by atoms with E-state index in [-0.39, 0.29) is 36.1 Å². The van der Waals surface area contributed by atoms with Gasteiger partial charge in [0.05, 0.1) is 12.2 Å². The number of carbonyl (C=O) groups is 1. The fourth-order valence-corrected chi connectivity index (χ4v) is 2.86. The Morgan fingerprint density at radius 2 is 1.85 bits per heavy atom. The largest absolute Gasteiger partial charge is 0.484 e. The molecule has 0 radical (unpaired) electrons. The maximum atomic E-state index is 12.5. The minimum absolute atomic E-state index is 0. The average molecular weight is 397 g/mol. The van der Waals surface area contributed by atoms with Gasteiger partial charge in [0.15, 0.2) is 6.61 Å². The maximum absolute atomic E-state index is 12.5. The predicted molar refractivity (Wildman–Crippen MR) is 93.6 cm³/mol. The van der Waals surface area contributed by atoms with Crippen molar-refractivity contribution in [3.05, 3.63) is 29.8 Å². The van der Waals surface area contributed by atoms with E-state index >= 15 is 0 Å². The highest BCUT2D eigenvalue weighted by Crippen LogP contribution is 2.30. The molecular formula is C17H24ClF3N2O3. The van der Waals surface area contributed by atoms with Gasteiger partial charge in [0.1, 0.15) is 5.75 Å². The number of benzene rings is 1. The van der Waals surface area contributed by atoms with Gasteiger partial charge < -0.3 is 20.1 Å². The summed E-state index contributed by atoms with van der Waals surface area (Å²) in [7, 11) is 1.64. The first-order valence-electron chi connectivity index (χ1n) is 8.11. The maximum Gasteiger partial charge on any atom is 0.416 e. The number of methoxy groups -OCH3 is 1. The van der Waals surface area contributed by atoms with Crippen molar-refractivity contribution in [2.24, 2.45) is 5.41 Å². The van der Waals surface area contributed by atoms with Gasteiger partial charge in [0.2, 0.25) is 0 Å². The van der Waals surface area contributed by atoms with Crippen LogP contribution in [0.15, 0.2) is 24.3 Å². The monoisotopic (exact) mass is 396 g/mol. The van der Waals surface area contributed by atoms with Crippen LogP contribution in [0.5, 0.6) is 5.75 Å². The normalized spacial score (nSPS) is 16.5. The Hall–Kier alpha value is -1.51. The second kappa shape index (κ2) is 9.99. The summed E-state index contributed by atoms with van der Waals surface area (Å²) in [5.74, 6) is -0.0921. The molecule has 1 heterocycles. The minimum atomic E-state index is -4.39. The average Bonchev–Trinajstić information content (AvgIpc) is 2.59. The number of hydrogen-bond donors (Lipinski definition) is 2. The molecule has 1 fully saturated rings. The fraction of sp³-hybridized carbons (Fsp3) is 0.588. The molecule has 0 atom stereocenters. The van der Waals surface area contributed by atoms with Crippen LogP contribution in [0.4, 0.5) is 13.2 Å². The molecule has 26 heavy (non-hydrogen) atoms. The predicted octanol–water partition coefficient (Wildman–Crippen LogP) is 2.64. The number of ether oxygens (including phenoxy) is 2. The molecule has 1 amide bonds. The molecular weight excluding hydrogens is 373 g/mol. The third-order valence-corrected chi connectivity index (χ3v) is 4.33. The lowest BCUT2D eigenvalue weighted by Gasteiger charge is -2.37. The SMILES string of the molecule is COCC1(CNC(=O)COc2ccc(C(F)(F)F)cc2)CCNCC1.Cl. The zero-order valence-corrected chi connectivity index (χ0v) is 15.3. The molecule has 1 aromatic rings. The lowest BCUT2D eigenvalue weighted by molar-refractivity contribution is -0.137. The molecule has 5 nitrogen and oxygen atoms in total. The van der Waals surface area contributed by atoms with Gasteiger partial charge in [-0.25, -0.2) is 0 Å². The van der Waals surface area contributed by atoms with Gasteiger partial charge in [0.25, 0.3) is 5.91 Å². The number of amides is 1. The second-order valence-electron chi connectivity index (χ2n) is 6.27. The first-order chi connectivity index (χ1) is 11.8. The number of alkyl halides is 3. The second-order valence-corrected chi connectivity index (χ2v) is 6.27. The van der Waals surface area contributed by atoms with Gasteiger partial charge in [-0.1, -0.05) is 0 Å². The summed E-state index contributed by atoms with van der Waals surface area (Å²) in [4.78, 5) is 12.0. The number of piperidine rings is 1. The lowest BCUT2D eigenvalue weighted by Crippen LogP contribution is -2.47. The van der Waals surface area contributed by atoms with E-state index < -0.39 is 11.7 Å². The first-order valence-corrected chi connectivity index (χ1v) is 8.11. The molecule has 0 unspecified atom stereocenters. The third kappa shape index (κ3) is 6.66. The zero-order valence-electron chi connectivity index (χ0n) is 14.5. The Balaban J connectivity index is 0.00000338. The van der Waals surface area contributed by atoms with Crippen molar-refractivity contribution in [1.29, 1.82) is 0 Å². The molecule has 1 aliphatic rings. The Morgan fingerprint density at radius 3 is 2.38 bits per heavy atom. The van der Waals surface area contributed by atoms with Gasteiger partial charge in [-0.05, 0) is 50.2 Å². The van der Waals surface area contributed by atoms with Crippen LogP contribution in [0, 0.1) is 5.41 Å². The number of nitrogens with one attached hydrogen (secondary N) is 2. The summed E-state index contributed by atoms with van der Waals surface area (Å²) in [6.45, 7) is 2.56. The third-order valence-electron chi connectivity index (χ3n) is 4.33. The van der Waals surface area contributed by atoms with Crippen LogP contribution >= 0.6 is 12.4 Å². The molecule has 9 heteroatoms. The van der Waals surface area contributed by atoms with E-state index in [1.54, 1.807) is 7.11 Å². The van der Waals surface area contributed by atoms with Gasteiger partial charge >= 0.3 is 6.18 Å². The van der Waals surface area contributed by atoms with Gasteiger partial charge in [-0.15, -0.1) is 12.4 Å². The van der Waals surface area contributed by atoms with Crippen LogP contribution in [0.3, 0.4) is 0 Å². The van der Waals surface area contributed by atoms with Crippen LogP contribution in [-0.4, -0.2) is 45.9 Å². The number of carbonyl (C=O) groups excluding carboxylic acids is 1. The molecule has 2 rings (SSSR count). The van der Waals surface area contributed by atoms with Crippen molar-refractivity contribution >= 4 is 18.3 Å². The van der Waals surface area contributed by atoms with Gasteiger partial charge in [-0.2, -0.15) is 13.2 Å². The van der Waals surface area contributed by atoms with Crippen LogP contribution < -0.4 is 15.4 Å². The van der Waals surface area contributed by atoms with E-state index in [1.165, 1.54) is 12.1 Å². The quantitative estimate of drug-likeness (QED) is 0.744. The van der Waals surface area contributed by atoms with Gasteiger partial charge in [-0.3, -0.25) is 4.79 Å². The first kappa shape index (κ1) is 22.5. The summed E-state index contributed by atoms with van der Waals surface area (Å²) >= 11 is 0. The van der Waals surface area contributed by atoms with Crippen LogP contribution in [0.25, 0.3) is 0 Å². The highest BCUT2D eigenvalue weighted by atomic mass is 35.5. The Labute approximate surface area is 157 Å². The van der Waals surface area contributed by atoms with Crippen LogP contribution in [0.2, 0.25) is 0 Å². The van der Waals surface area contributed by atoms with E-state index in [4.69, 9.17) is 9.47 Å². The minimum Gasteiger partial charge on any atom is -0.484 e. The molecule has 0 aromatic heterocycles. The topological polar surface area (TPSA) is 59.6 Å². The highest BCUT2D eigenvalue weighted by Gasteiger charge is 2.32. The van der Waals surface area contributed by atoms with E-state index in [9.17, 15) is 18.0 Å². The van der Waals surface area contributed by atoms with Crippen molar-refractivity contribution in [2.45, 2.75) is 19.0 Å². The molecule has 0 spiro atoms. The molecule has 0 aliphatic carbocycles.